The first kappa shape index (κ1) is 11.8. The Balaban J connectivity index is 2.64. The van der Waals surface area contributed by atoms with E-state index < -0.39 is 5.97 Å². The molecule has 0 aromatic carbocycles. The summed E-state index contributed by atoms with van der Waals surface area (Å²) in [5.41, 5.74) is -0.325. The minimum atomic E-state index is -0.855. The molecule has 0 bridgehead atoms. The molecule has 1 heterocycles. The predicted octanol–water partition coefficient (Wildman–Crippen LogP) is 1.33. The van der Waals surface area contributed by atoms with E-state index in [9.17, 15) is 9.59 Å². The van der Waals surface area contributed by atoms with Gasteiger partial charge in [-0.2, -0.15) is 0 Å². The average Bonchev–Trinajstić information content (AvgIpc) is 2.05. The molecule has 0 aliphatic carbocycles. The Bertz CT molecular complexity index is 269. The van der Waals surface area contributed by atoms with Gasteiger partial charge in [-0.3, -0.25) is 4.79 Å². The van der Waals surface area contributed by atoms with E-state index in [1.54, 1.807) is 4.90 Å². The standard InChI is InChI=1S/C10H17NO4/c1-10(2,3)11-5-7(4-8(12)13)6-15-9(11)14/h7H,4-6H2,1-3H3,(H,12,13). The van der Waals surface area contributed by atoms with Gasteiger partial charge in [0.15, 0.2) is 0 Å². The van der Waals surface area contributed by atoms with Crippen molar-refractivity contribution in [3.05, 3.63) is 0 Å². The van der Waals surface area contributed by atoms with Crippen LogP contribution in [0.3, 0.4) is 0 Å². The molecule has 1 amide bonds. The van der Waals surface area contributed by atoms with E-state index in [1.165, 1.54) is 0 Å². The van der Waals surface area contributed by atoms with Crippen LogP contribution in [0.4, 0.5) is 4.79 Å². The molecule has 1 aliphatic rings. The van der Waals surface area contributed by atoms with Gasteiger partial charge in [0.1, 0.15) is 0 Å². The van der Waals surface area contributed by atoms with E-state index in [0.717, 1.165) is 0 Å². The van der Waals surface area contributed by atoms with Gasteiger partial charge >= 0.3 is 12.1 Å². The summed E-state index contributed by atoms with van der Waals surface area (Å²) in [5, 5.41) is 8.66. The summed E-state index contributed by atoms with van der Waals surface area (Å²) in [5.74, 6) is -0.966. The van der Waals surface area contributed by atoms with E-state index in [4.69, 9.17) is 9.84 Å². The summed E-state index contributed by atoms with van der Waals surface area (Å²) in [6, 6.07) is 0. The fourth-order valence-corrected chi connectivity index (χ4v) is 1.57. The van der Waals surface area contributed by atoms with Gasteiger partial charge in [0, 0.05) is 18.0 Å². The van der Waals surface area contributed by atoms with Crippen molar-refractivity contribution < 1.29 is 19.4 Å². The lowest BCUT2D eigenvalue weighted by Crippen LogP contribution is -2.52. The molecule has 0 aromatic heterocycles. The molecule has 1 aliphatic heterocycles. The maximum absolute atomic E-state index is 11.4. The molecule has 5 nitrogen and oxygen atoms in total. The zero-order chi connectivity index (χ0) is 11.6. The van der Waals surface area contributed by atoms with Gasteiger partial charge in [-0.15, -0.1) is 0 Å². The van der Waals surface area contributed by atoms with E-state index >= 15 is 0 Å². The van der Waals surface area contributed by atoms with Crippen LogP contribution in [-0.4, -0.2) is 40.8 Å². The van der Waals surface area contributed by atoms with Crippen molar-refractivity contribution in [2.24, 2.45) is 5.92 Å². The molecule has 15 heavy (non-hydrogen) atoms. The Hall–Kier alpha value is -1.26. The number of nitrogens with zero attached hydrogens (tertiary/aromatic N) is 1. The summed E-state index contributed by atoms with van der Waals surface area (Å²) < 4.78 is 4.95. The monoisotopic (exact) mass is 215 g/mol. The van der Waals surface area contributed by atoms with Gasteiger partial charge in [0.05, 0.1) is 13.0 Å². The molecule has 1 saturated heterocycles. The quantitative estimate of drug-likeness (QED) is 0.754. The molecule has 0 radical (unpaired) electrons. The highest BCUT2D eigenvalue weighted by molar-refractivity contribution is 5.70. The Morgan fingerprint density at radius 3 is 2.67 bits per heavy atom. The van der Waals surface area contributed by atoms with Crippen molar-refractivity contribution in [3.63, 3.8) is 0 Å². The summed E-state index contributed by atoms with van der Waals surface area (Å²) in [7, 11) is 0. The summed E-state index contributed by atoms with van der Waals surface area (Å²) >= 11 is 0. The second-order valence-corrected chi connectivity index (χ2v) is 4.82. The van der Waals surface area contributed by atoms with Crippen LogP contribution in [0.1, 0.15) is 27.2 Å². The number of cyclic esters (lactones) is 1. The molecule has 0 aromatic rings. The number of amides is 1. The van der Waals surface area contributed by atoms with E-state index in [1.807, 2.05) is 20.8 Å². The van der Waals surface area contributed by atoms with Crippen LogP contribution in [0, 0.1) is 5.92 Å². The number of hydrogen-bond donors (Lipinski definition) is 1. The summed E-state index contributed by atoms with van der Waals surface area (Å²) in [6.45, 7) is 6.36. The molecule has 0 spiro atoms. The van der Waals surface area contributed by atoms with Gasteiger partial charge < -0.3 is 14.7 Å². The van der Waals surface area contributed by atoms with Gasteiger partial charge in [-0.1, -0.05) is 0 Å². The van der Waals surface area contributed by atoms with Crippen molar-refractivity contribution in [2.75, 3.05) is 13.2 Å². The number of hydrogen-bond acceptors (Lipinski definition) is 3. The molecule has 5 heteroatoms. The van der Waals surface area contributed by atoms with Gasteiger partial charge in [-0.05, 0) is 20.8 Å². The normalized spacial score (nSPS) is 22.5. The topological polar surface area (TPSA) is 66.8 Å². The molecular weight excluding hydrogens is 198 g/mol. The highest BCUT2D eigenvalue weighted by Crippen LogP contribution is 2.22. The van der Waals surface area contributed by atoms with Crippen LogP contribution >= 0.6 is 0 Å². The van der Waals surface area contributed by atoms with Crippen LogP contribution < -0.4 is 0 Å². The van der Waals surface area contributed by atoms with Crippen molar-refractivity contribution in [3.8, 4) is 0 Å². The van der Waals surface area contributed by atoms with Gasteiger partial charge in [0.25, 0.3) is 0 Å². The average molecular weight is 215 g/mol. The first-order valence-electron chi connectivity index (χ1n) is 4.97. The molecule has 1 atom stereocenters. The number of carboxylic acids is 1. The maximum atomic E-state index is 11.4. The fraction of sp³-hybridized carbons (Fsp3) is 0.800. The third-order valence-corrected chi connectivity index (χ3v) is 2.38. The maximum Gasteiger partial charge on any atom is 0.410 e. The lowest BCUT2D eigenvalue weighted by Gasteiger charge is -2.40. The Kier molecular flexibility index (Phi) is 3.21. The minimum Gasteiger partial charge on any atom is -0.481 e. The molecule has 86 valence electrons. The van der Waals surface area contributed by atoms with Crippen LogP contribution in [0.15, 0.2) is 0 Å². The number of rotatable bonds is 2. The lowest BCUT2D eigenvalue weighted by atomic mass is 10.00. The van der Waals surface area contributed by atoms with Crippen LogP contribution in [-0.2, 0) is 9.53 Å². The van der Waals surface area contributed by atoms with Crippen LogP contribution in [0.2, 0.25) is 0 Å². The molecular formula is C10H17NO4. The number of carbonyl (C=O) groups excluding carboxylic acids is 1. The number of aliphatic carboxylic acids is 1. The van der Waals surface area contributed by atoms with E-state index in [-0.39, 0.29) is 30.6 Å². The van der Waals surface area contributed by atoms with Gasteiger partial charge in [-0.25, -0.2) is 4.79 Å². The molecule has 1 fully saturated rings. The summed E-state index contributed by atoms with van der Waals surface area (Å²) in [4.78, 5) is 23.5. The van der Waals surface area contributed by atoms with Crippen molar-refractivity contribution in [2.45, 2.75) is 32.7 Å². The Morgan fingerprint density at radius 2 is 2.20 bits per heavy atom. The lowest BCUT2D eigenvalue weighted by molar-refractivity contribution is -0.139. The third kappa shape index (κ3) is 3.11. The van der Waals surface area contributed by atoms with E-state index in [2.05, 4.69) is 0 Å². The Morgan fingerprint density at radius 1 is 1.60 bits per heavy atom. The predicted molar refractivity (Wildman–Crippen MR) is 53.5 cm³/mol. The molecule has 0 saturated carbocycles. The largest absolute Gasteiger partial charge is 0.481 e. The SMILES string of the molecule is CC(C)(C)N1CC(CC(=O)O)COC1=O. The second kappa shape index (κ2) is 4.08. The number of carbonyl (C=O) groups is 2. The summed E-state index contributed by atoms with van der Waals surface area (Å²) in [6.07, 6.45) is -0.316. The Labute approximate surface area is 89.0 Å². The smallest absolute Gasteiger partial charge is 0.410 e. The highest BCUT2D eigenvalue weighted by atomic mass is 16.6. The molecule has 1 rings (SSSR count). The fourth-order valence-electron chi connectivity index (χ4n) is 1.57. The molecule has 1 unspecified atom stereocenters. The first-order chi connectivity index (χ1) is 6.80. The van der Waals surface area contributed by atoms with Gasteiger partial charge in [0.2, 0.25) is 0 Å². The second-order valence-electron chi connectivity index (χ2n) is 4.82. The first-order valence-corrected chi connectivity index (χ1v) is 4.97. The number of ether oxygens (including phenoxy) is 1. The zero-order valence-corrected chi connectivity index (χ0v) is 9.32. The molecule has 1 N–H and O–H groups in total. The van der Waals surface area contributed by atoms with Crippen molar-refractivity contribution >= 4 is 12.1 Å². The number of carboxylic acid groups (broad SMARTS) is 1. The zero-order valence-electron chi connectivity index (χ0n) is 9.32. The van der Waals surface area contributed by atoms with Crippen LogP contribution in [0.25, 0.3) is 0 Å². The van der Waals surface area contributed by atoms with Crippen molar-refractivity contribution in [1.29, 1.82) is 0 Å². The highest BCUT2D eigenvalue weighted by Gasteiger charge is 2.35. The van der Waals surface area contributed by atoms with E-state index in [0.29, 0.717) is 6.54 Å². The van der Waals surface area contributed by atoms with Crippen molar-refractivity contribution in [1.82, 2.24) is 4.90 Å². The third-order valence-electron chi connectivity index (χ3n) is 2.38. The van der Waals surface area contributed by atoms with Crippen LogP contribution in [0.5, 0.6) is 0 Å². The minimum absolute atomic E-state index is 0.0415.